The summed E-state index contributed by atoms with van der Waals surface area (Å²) >= 11 is 0. The van der Waals surface area contributed by atoms with Crippen LogP contribution in [0.5, 0.6) is 0 Å². The van der Waals surface area contributed by atoms with Gasteiger partial charge in [-0.3, -0.25) is 14.4 Å². The molecule has 0 unspecified atom stereocenters. The predicted octanol–water partition coefficient (Wildman–Crippen LogP) is 6.07. The molecular weight excluding hydrogens is 600 g/mol. The quantitative estimate of drug-likeness (QED) is 0.210. The highest BCUT2D eigenvalue weighted by Crippen LogP contribution is 2.63. The molecule has 0 spiro atoms. The van der Waals surface area contributed by atoms with Crippen LogP contribution in [-0.4, -0.2) is 53.6 Å². The van der Waals surface area contributed by atoms with Crippen LogP contribution in [-0.2, 0) is 33.3 Å². The van der Waals surface area contributed by atoms with Gasteiger partial charge in [-0.2, -0.15) is 0 Å². The van der Waals surface area contributed by atoms with Gasteiger partial charge in [0.05, 0.1) is 17.0 Å². The summed E-state index contributed by atoms with van der Waals surface area (Å²) in [5.74, 6) is -4.93. The van der Waals surface area contributed by atoms with Gasteiger partial charge >= 0.3 is 23.9 Å². The van der Waals surface area contributed by atoms with Gasteiger partial charge in [-0.15, -0.1) is 0 Å². The van der Waals surface area contributed by atoms with Gasteiger partial charge in [-0.25, -0.2) is 9.59 Å². The van der Waals surface area contributed by atoms with Crippen molar-refractivity contribution in [1.29, 1.82) is 0 Å². The van der Waals surface area contributed by atoms with Crippen molar-refractivity contribution < 1.29 is 42.9 Å². The van der Waals surface area contributed by atoms with Crippen LogP contribution in [0.25, 0.3) is 0 Å². The van der Waals surface area contributed by atoms with E-state index in [9.17, 15) is 24.0 Å². The molecule has 2 aromatic rings. The number of ether oxygens (including phenoxy) is 4. The average molecular weight is 643 g/mol. The number of benzene rings is 2. The number of carbonyl (C=O) groups excluding carboxylic acids is 5. The zero-order valence-electron chi connectivity index (χ0n) is 27.7. The third-order valence-corrected chi connectivity index (χ3v) is 10.1. The lowest BCUT2D eigenvalue weighted by molar-refractivity contribution is -0.179. The highest BCUT2D eigenvalue weighted by molar-refractivity contribution is 6.03. The first-order chi connectivity index (χ1) is 22.2. The molecule has 0 saturated heterocycles. The topological polar surface area (TPSA) is 122 Å². The molecule has 5 rings (SSSR count). The van der Waals surface area contributed by atoms with E-state index in [1.165, 1.54) is 13.8 Å². The molecule has 0 radical (unpaired) electrons. The smallest absolute Gasteiger partial charge is 0.338 e. The van der Waals surface area contributed by atoms with Crippen LogP contribution in [0, 0.1) is 29.1 Å². The van der Waals surface area contributed by atoms with E-state index < -0.39 is 65.4 Å². The summed E-state index contributed by atoms with van der Waals surface area (Å²) in [5, 5.41) is 0. The summed E-state index contributed by atoms with van der Waals surface area (Å²) in [4.78, 5) is 67.3. The number of hydrogen-bond donors (Lipinski definition) is 0. The molecule has 2 saturated carbocycles. The van der Waals surface area contributed by atoms with E-state index in [0.29, 0.717) is 17.6 Å². The van der Waals surface area contributed by atoms with Crippen LogP contribution in [0.4, 0.5) is 0 Å². The first-order valence-corrected chi connectivity index (χ1v) is 16.0. The summed E-state index contributed by atoms with van der Waals surface area (Å²) in [6.07, 6.45) is -1.13. The summed E-state index contributed by atoms with van der Waals surface area (Å²) in [6, 6.07) is 16.9. The van der Waals surface area contributed by atoms with E-state index in [0.717, 1.165) is 0 Å². The lowest BCUT2D eigenvalue weighted by atomic mass is 9.76. The van der Waals surface area contributed by atoms with Gasteiger partial charge in [-0.1, -0.05) is 69.8 Å². The molecule has 0 N–H and O–H groups in total. The second-order valence-electron chi connectivity index (χ2n) is 13.7. The second kappa shape index (κ2) is 12.9. The van der Waals surface area contributed by atoms with E-state index in [2.05, 4.69) is 20.4 Å². The SMILES string of the molecule is C=C1[C@H](OC(=O)c2ccccc2)C[C@H]2[C@@H](/C=C(\C)C(=O)[C@@]3(OC(C)=O)C[C@H](C)[C@H](OC(=O)c4ccccc4)[C@@H]3[C@H]1OC(C)=O)C2(C)C. The fraction of sp³-hybridized carbons (Fsp3) is 0.447. The van der Waals surface area contributed by atoms with Crippen LogP contribution in [0.1, 0.15) is 75.1 Å². The van der Waals surface area contributed by atoms with Crippen molar-refractivity contribution in [3.63, 3.8) is 0 Å². The Labute approximate surface area is 275 Å². The number of Topliss-reactive ketones (excluding diaryl/α,β-unsaturated/α-hetero) is 1. The Bertz CT molecular complexity index is 1610. The summed E-state index contributed by atoms with van der Waals surface area (Å²) in [7, 11) is 0. The van der Waals surface area contributed by atoms with Crippen LogP contribution in [0.3, 0.4) is 0 Å². The van der Waals surface area contributed by atoms with Gasteiger partial charge in [0, 0.05) is 25.8 Å². The molecule has 2 fully saturated rings. The Morgan fingerprint density at radius 3 is 1.91 bits per heavy atom. The minimum Gasteiger partial charge on any atom is -0.458 e. The summed E-state index contributed by atoms with van der Waals surface area (Å²) in [5.41, 5.74) is -0.942. The van der Waals surface area contributed by atoms with Crippen LogP contribution >= 0.6 is 0 Å². The Balaban J connectivity index is 1.68. The molecule has 8 atom stereocenters. The predicted molar refractivity (Wildman–Crippen MR) is 172 cm³/mol. The van der Waals surface area contributed by atoms with Crippen molar-refractivity contribution in [3.05, 3.63) is 95.6 Å². The Kier molecular flexibility index (Phi) is 9.31. The summed E-state index contributed by atoms with van der Waals surface area (Å²) < 4.78 is 24.3. The maximum absolute atomic E-state index is 14.7. The number of carbonyl (C=O) groups is 5. The molecule has 0 amide bonds. The monoisotopic (exact) mass is 642 g/mol. The molecule has 3 aliphatic rings. The molecule has 248 valence electrons. The highest BCUT2D eigenvalue weighted by Gasteiger charge is 2.66. The van der Waals surface area contributed by atoms with Gasteiger partial charge in [0.1, 0.15) is 18.3 Å². The second-order valence-corrected chi connectivity index (χ2v) is 13.7. The molecule has 0 bridgehead atoms. The maximum atomic E-state index is 14.7. The summed E-state index contributed by atoms with van der Waals surface area (Å²) in [6.45, 7) is 14.4. The van der Waals surface area contributed by atoms with Crippen molar-refractivity contribution in [2.24, 2.45) is 29.1 Å². The Hall–Kier alpha value is -4.53. The van der Waals surface area contributed by atoms with Crippen molar-refractivity contribution in [1.82, 2.24) is 0 Å². The molecule has 0 aromatic heterocycles. The first kappa shape index (κ1) is 33.8. The number of allylic oxidation sites excluding steroid dienone is 1. The number of fused-ring (bicyclic) bond motifs is 2. The third-order valence-electron chi connectivity index (χ3n) is 10.1. The van der Waals surface area contributed by atoms with Gasteiger partial charge in [0.2, 0.25) is 5.78 Å². The lowest BCUT2D eigenvalue weighted by Gasteiger charge is -2.40. The minimum absolute atomic E-state index is 0.00893. The normalized spacial score (nSPS) is 32.3. The van der Waals surface area contributed by atoms with Gasteiger partial charge < -0.3 is 18.9 Å². The van der Waals surface area contributed by atoms with Crippen molar-refractivity contribution in [3.8, 4) is 0 Å². The van der Waals surface area contributed by atoms with Gasteiger partial charge in [-0.05, 0) is 66.4 Å². The minimum atomic E-state index is -1.89. The highest BCUT2D eigenvalue weighted by atomic mass is 16.6. The molecule has 3 aliphatic carbocycles. The molecule has 2 aromatic carbocycles. The largest absolute Gasteiger partial charge is 0.458 e. The molecule has 9 nitrogen and oxygen atoms in total. The van der Waals surface area contributed by atoms with Gasteiger partial charge in [0.15, 0.2) is 5.60 Å². The fourth-order valence-electron chi connectivity index (χ4n) is 7.64. The lowest BCUT2D eigenvalue weighted by Crippen LogP contribution is -2.55. The van der Waals surface area contributed by atoms with Crippen LogP contribution < -0.4 is 0 Å². The van der Waals surface area contributed by atoms with E-state index in [-0.39, 0.29) is 34.8 Å². The van der Waals surface area contributed by atoms with Crippen LogP contribution in [0.2, 0.25) is 0 Å². The van der Waals surface area contributed by atoms with Gasteiger partial charge in [0.25, 0.3) is 0 Å². The number of esters is 4. The molecule has 9 heteroatoms. The molecule has 0 heterocycles. The number of ketones is 1. The van der Waals surface area contributed by atoms with E-state index in [1.54, 1.807) is 74.5 Å². The zero-order chi connectivity index (χ0) is 34.3. The first-order valence-electron chi connectivity index (χ1n) is 16.0. The number of hydrogen-bond acceptors (Lipinski definition) is 9. The Morgan fingerprint density at radius 1 is 0.830 bits per heavy atom. The molecule has 47 heavy (non-hydrogen) atoms. The fourth-order valence-corrected chi connectivity index (χ4v) is 7.64. The van der Waals surface area contributed by atoms with E-state index in [4.69, 9.17) is 18.9 Å². The van der Waals surface area contributed by atoms with Crippen molar-refractivity contribution in [2.75, 3.05) is 0 Å². The standard InChI is InChI=1S/C38H42O9/c1-21-18-28-29(37(28,6)7)19-30(45-35(42)26-14-10-8-11-15-26)23(3)33(44-24(4)39)31-32(46-36(43)27-16-12-9-13-17-27)22(2)20-38(31,34(21)41)47-25(5)40/h8-18,22,28-33H,3,19-20H2,1-2,4-7H3/b21-18+/t22-,28+,29-,30+,31+,32-,33-,38+/m0/s1. The molecule has 0 aliphatic heterocycles. The van der Waals surface area contributed by atoms with Crippen molar-refractivity contribution >= 4 is 29.7 Å². The van der Waals surface area contributed by atoms with E-state index in [1.807, 2.05) is 6.08 Å². The average Bonchev–Trinajstić information content (AvgIpc) is 3.41. The van der Waals surface area contributed by atoms with Crippen LogP contribution in [0.15, 0.2) is 84.5 Å². The maximum Gasteiger partial charge on any atom is 0.338 e. The third kappa shape index (κ3) is 6.53. The van der Waals surface area contributed by atoms with E-state index >= 15 is 0 Å². The zero-order valence-corrected chi connectivity index (χ0v) is 27.7. The Morgan fingerprint density at radius 2 is 1.38 bits per heavy atom. The molecular formula is C38H42O9. The van der Waals surface area contributed by atoms with Crippen molar-refractivity contribution in [2.45, 2.75) is 78.3 Å². The number of rotatable bonds is 6.